The van der Waals surface area contributed by atoms with E-state index in [0.717, 1.165) is 11.1 Å². The topological polar surface area (TPSA) is 93.4 Å². The highest BCUT2D eigenvalue weighted by atomic mass is 32.2. The minimum absolute atomic E-state index is 0.00422. The molecule has 0 bridgehead atoms. The predicted molar refractivity (Wildman–Crippen MR) is 122 cm³/mol. The number of hydrogen-bond acceptors (Lipinski definition) is 5. The van der Waals surface area contributed by atoms with Crippen molar-refractivity contribution in [2.45, 2.75) is 23.1 Å². The van der Waals surface area contributed by atoms with E-state index < -0.39 is 20.4 Å². The first kappa shape index (κ1) is 21.5. The van der Waals surface area contributed by atoms with Crippen molar-refractivity contribution < 1.29 is 17.6 Å². The number of amides is 1. The van der Waals surface area contributed by atoms with E-state index in [2.05, 4.69) is 5.32 Å². The number of fused-ring (bicyclic) bond motifs is 1. The van der Waals surface area contributed by atoms with Gasteiger partial charge in [0, 0.05) is 17.5 Å². The van der Waals surface area contributed by atoms with Gasteiger partial charge in [-0.1, -0.05) is 48.0 Å². The predicted octanol–water partition coefficient (Wildman–Crippen LogP) is 3.91. The van der Waals surface area contributed by atoms with Gasteiger partial charge in [-0.15, -0.1) is 0 Å². The van der Waals surface area contributed by atoms with Crippen molar-refractivity contribution in [3.8, 4) is 0 Å². The third-order valence-electron chi connectivity index (χ3n) is 5.13. The van der Waals surface area contributed by atoms with E-state index in [-0.39, 0.29) is 16.4 Å². The summed E-state index contributed by atoms with van der Waals surface area (Å²) in [5.41, 5.74) is 1.62. The molecule has 0 saturated carbocycles. The van der Waals surface area contributed by atoms with E-state index in [1.807, 2.05) is 37.3 Å². The summed E-state index contributed by atoms with van der Waals surface area (Å²) in [5.74, 6) is -0.294. The van der Waals surface area contributed by atoms with Gasteiger partial charge in [0.1, 0.15) is 5.58 Å². The summed E-state index contributed by atoms with van der Waals surface area (Å²) >= 11 is 0. The SMILES string of the molecule is Cc1ccc(S(=O)(=O)c2cc3cc(C(=O)NCCc4ccccc4)ccc3oc2=O)cc1. The molecule has 162 valence electrons. The number of benzene rings is 3. The largest absolute Gasteiger partial charge is 0.422 e. The van der Waals surface area contributed by atoms with Crippen LogP contribution in [0.1, 0.15) is 21.5 Å². The fourth-order valence-corrected chi connectivity index (χ4v) is 4.64. The molecule has 0 aliphatic rings. The summed E-state index contributed by atoms with van der Waals surface area (Å²) in [4.78, 5) is 24.5. The molecule has 1 N–H and O–H groups in total. The first-order valence-electron chi connectivity index (χ1n) is 10.1. The highest BCUT2D eigenvalue weighted by Crippen LogP contribution is 2.23. The minimum Gasteiger partial charge on any atom is -0.422 e. The Morgan fingerprint density at radius 1 is 0.938 bits per heavy atom. The van der Waals surface area contributed by atoms with Crippen molar-refractivity contribution in [2.75, 3.05) is 6.54 Å². The highest BCUT2D eigenvalue weighted by molar-refractivity contribution is 7.91. The Balaban J connectivity index is 1.61. The summed E-state index contributed by atoms with van der Waals surface area (Å²) in [5, 5.41) is 3.20. The second-order valence-electron chi connectivity index (χ2n) is 7.46. The molecule has 7 heteroatoms. The van der Waals surface area contributed by atoms with Gasteiger partial charge >= 0.3 is 5.63 Å². The average Bonchev–Trinajstić information content (AvgIpc) is 2.79. The summed E-state index contributed by atoms with van der Waals surface area (Å²) in [6.07, 6.45) is 0.688. The van der Waals surface area contributed by atoms with Crippen LogP contribution in [0.25, 0.3) is 11.0 Å². The smallest absolute Gasteiger partial charge is 0.355 e. The van der Waals surface area contributed by atoms with Gasteiger partial charge < -0.3 is 9.73 Å². The molecule has 4 aromatic rings. The summed E-state index contributed by atoms with van der Waals surface area (Å²) in [6.45, 7) is 2.30. The van der Waals surface area contributed by atoms with Gasteiger partial charge in [0.05, 0.1) is 4.90 Å². The minimum atomic E-state index is -4.06. The van der Waals surface area contributed by atoms with E-state index in [1.54, 1.807) is 12.1 Å². The molecule has 0 spiro atoms. The number of nitrogens with one attached hydrogen (secondary N) is 1. The number of hydrogen-bond donors (Lipinski definition) is 1. The second kappa shape index (κ2) is 8.80. The number of carbonyl (C=O) groups excluding carboxylic acids is 1. The van der Waals surface area contributed by atoms with E-state index in [4.69, 9.17) is 4.42 Å². The molecule has 4 rings (SSSR count). The molecule has 0 radical (unpaired) electrons. The maximum absolute atomic E-state index is 13.0. The van der Waals surface area contributed by atoms with Gasteiger partial charge in [0.15, 0.2) is 4.90 Å². The molecule has 0 saturated heterocycles. The monoisotopic (exact) mass is 447 g/mol. The maximum atomic E-state index is 13.0. The molecule has 0 aliphatic heterocycles. The molecular weight excluding hydrogens is 426 g/mol. The van der Waals surface area contributed by atoms with E-state index >= 15 is 0 Å². The van der Waals surface area contributed by atoms with E-state index in [9.17, 15) is 18.0 Å². The molecule has 6 nitrogen and oxygen atoms in total. The van der Waals surface area contributed by atoms with Crippen molar-refractivity contribution in [3.05, 3.63) is 106 Å². The first-order valence-corrected chi connectivity index (χ1v) is 11.5. The first-order chi connectivity index (χ1) is 15.3. The number of aryl methyl sites for hydroxylation is 1. The lowest BCUT2D eigenvalue weighted by molar-refractivity contribution is 0.0954. The van der Waals surface area contributed by atoms with Crippen LogP contribution in [0.2, 0.25) is 0 Å². The number of rotatable bonds is 6. The van der Waals surface area contributed by atoms with Crippen molar-refractivity contribution in [3.63, 3.8) is 0 Å². The Labute approximate surface area is 185 Å². The zero-order valence-electron chi connectivity index (χ0n) is 17.4. The van der Waals surface area contributed by atoms with Gasteiger partial charge in [-0.25, -0.2) is 13.2 Å². The van der Waals surface area contributed by atoms with E-state index in [0.29, 0.717) is 23.9 Å². The Morgan fingerprint density at radius 2 is 1.66 bits per heavy atom. The molecule has 0 unspecified atom stereocenters. The van der Waals surface area contributed by atoms with Crippen molar-refractivity contribution >= 4 is 26.7 Å². The third kappa shape index (κ3) is 4.48. The Kier molecular flexibility index (Phi) is 5.92. The van der Waals surface area contributed by atoms with Crippen molar-refractivity contribution in [1.82, 2.24) is 5.32 Å². The molecule has 0 aliphatic carbocycles. The van der Waals surface area contributed by atoms with Crippen molar-refractivity contribution in [2.24, 2.45) is 0 Å². The number of sulfone groups is 1. The second-order valence-corrected chi connectivity index (χ2v) is 9.38. The van der Waals surface area contributed by atoms with Crippen LogP contribution in [0.4, 0.5) is 0 Å². The fraction of sp³-hybridized carbons (Fsp3) is 0.120. The molecule has 32 heavy (non-hydrogen) atoms. The zero-order chi connectivity index (χ0) is 22.7. The summed E-state index contributed by atoms with van der Waals surface area (Å²) in [7, 11) is -4.06. The van der Waals surface area contributed by atoms with Crippen molar-refractivity contribution in [1.29, 1.82) is 0 Å². The molecule has 0 atom stereocenters. The fourth-order valence-electron chi connectivity index (χ4n) is 3.34. The maximum Gasteiger partial charge on any atom is 0.355 e. The van der Waals surface area contributed by atoms with Crippen LogP contribution in [0, 0.1) is 6.92 Å². The lowest BCUT2D eigenvalue weighted by atomic mass is 10.1. The van der Waals surface area contributed by atoms with Crippen LogP contribution in [0.3, 0.4) is 0 Å². The number of carbonyl (C=O) groups is 1. The van der Waals surface area contributed by atoms with Crippen LogP contribution >= 0.6 is 0 Å². The Hall–Kier alpha value is -3.71. The molecule has 1 heterocycles. The quantitative estimate of drug-likeness (QED) is 0.453. The van der Waals surface area contributed by atoms with Gasteiger partial charge in [0.25, 0.3) is 5.91 Å². The molecular formula is C25H21NO5S. The Bertz CT molecular complexity index is 1440. The van der Waals surface area contributed by atoms with Crippen LogP contribution < -0.4 is 10.9 Å². The highest BCUT2D eigenvalue weighted by Gasteiger charge is 2.23. The van der Waals surface area contributed by atoms with Crippen LogP contribution in [-0.2, 0) is 16.3 Å². The van der Waals surface area contributed by atoms with Gasteiger partial charge in [-0.05, 0) is 55.3 Å². The van der Waals surface area contributed by atoms with E-state index in [1.165, 1.54) is 36.4 Å². The summed E-state index contributed by atoms with van der Waals surface area (Å²) < 4.78 is 31.2. The normalized spacial score (nSPS) is 11.4. The molecule has 1 amide bonds. The van der Waals surface area contributed by atoms with Gasteiger partial charge in [0.2, 0.25) is 9.84 Å². The lowest BCUT2D eigenvalue weighted by Crippen LogP contribution is -2.25. The lowest BCUT2D eigenvalue weighted by Gasteiger charge is -2.08. The van der Waals surface area contributed by atoms with Gasteiger partial charge in [-0.3, -0.25) is 4.79 Å². The molecule has 0 fully saturated rings. The van der Waals surface area contributed by atoms with Crippen LogP contribution in [0.15, 0.2) is 97.9 Å². The molecule has 3 aromatic carbocycles. The summed E-state index contributed by atoms with van der Waals surface area (Å²) in [6, 6.07) is 21.8. The average molecular weight is 448 g/mol. The van der Waals surface area contributed by atoms with Crippen LogP contribution in [-0.4, -0.2) is 20.9 Å². The third-order valence-corrected chi connectivity index (χ3v) is 6.88. The zero-order valence-corrected chi connectivity index (χ0v) is 18.2. The standard InChI is InChI=1S/C25H21NO5S/c1-17-7-10-21(11-8-17)32(29,30)23-16-20-15-19(9-12-22(20)31-25(23)28)24(27)26-14-13-18-5-3-2-4-6-18/h2-12,15-16H,13-14H2,1H3,(H,26,27). The van der Waals surface area contributed by atoms with Crippen LogP contribution in [0.5, 0.6) is 0 Å². The van der Waals surface area contributed by atoms with Gasteiger partial charge in [-0.2, -0.15) is 0 Å². The molecule has 1 aromatic heterocycles. The Morgan fingerprint density at radius 3 is 2.38 bits per heavy atom.